The van der Waals surface area contributed by atoms with Gasteiger partial charge in [0.15, 0.2) is 0 Å². The van der Waals surface area contributed by atoms with Gasteiger partial charge in [0.05, 0.1) is 11.2 Å². The van der Waals surface area contributed by atoms with E-state index in [2.05, 4.69) is 52.6 Å². The topological polar surface area (TPSA) is 31.4 Å². The molecule has 1 fully saturated rings. The van der Waals surface area contributed by atoms with Gasteiger partial charge in [0.2, 0.25) is 0 Å². The molecule has 3 nitrogen and oxygen atoms in total. The van der Waals surface area contributed by atoms with Crippen molar-refractivity contribution < 1.29 is 9.31 Å². The average Bonchev–Trinajstić information content (AvgIpc) is 2.50. The highest BCUT2D eigenvalue weighted by Gasteiger charge is 2.52. The summed E-state index contributed by atoms with van der Waals surface area (Å²) < 4.78 is 12.3. The van der Waals surface area contributed by atoms with Gasteiger partial charge >= 0.3 is 7.12 Å². The third-order valence-electron chi connectivity index (χ3n) is 4.33. The standard InChI is InChI=1S/C16H26BNO2/c1-11(2)8-13-9-14(12(3)18-10-13)17-19-15(4,5)16(6,7)20-17/h9-11H,8H2,1-7H3. The number of rotatable bonds is 3. The van der Waals surface area contributed by atoms with Gasteiger partial charge in [-0.3, -0.25) is 4.98 Å². The van der Waals surface area contributed by atoms with Gasteiger partial charge in [0, 0.05) is 17.4 Å². The largest absolute Gasteiger partial charge is 0.496 e. The Morgan fingerprint density at radius 2 is 1.70 bits per heavy atom. The molecule has 1 aliphatic rings. The average molecular weight is 275 g/mol. The molecule has 0 aromatic carbocycles. The lowest BCUT2D eigenvalue weighted by molar-refractivity contribution is 0.00578. The van der Waals surface area contributed by atoms with Gasteiger partial charge in [-0.1, -0.05) is 19.9 Å². The molecule has 0 N–H and O–H groups in total. The highest BCUT2D eigenvalue weighted by molar-refractivity contribution is 6.62. The first-order valence-corrected chi connectivity index (χ1v) is 7.43. The Bertz CT molecular complexity index is 481. The molecule has 0 bridgehead atoms. The van der Waals surface area contributed by atoms with Crippen LogP contribution in [0, 0.1) is 12.8 Å². The summed E-state index contributed by atoms with van der Waals surface area (Å²) in [6.45, 7) is 14.8. The van der Waals surface area contributed by atoms with E-state index < -0.39 is 0 Å². The third-order valence-corrected chi connectivity index (χ3v) is 4.33. The van der Waals surface area contributed by atoms with Crippen LogP contribution in [0.2, 0.25) is 0 Å². The van der Waals surface area contributed by atoms with Crippen LogP contribution in [-0.2, 0) is 15.7 Å². The minimum absolute atomic E-state index is 0.307. The van der Waals surface area contributed by atoms with Crippen LogP contribution >= 0.6 is 0 Å². The van der Waals surface area contributed by atoms with Gasteiger partial charge in [0.1, 0.15) is 0 Å². The molecule has 0 unspecified atom stereocenters. The number of hydrogen-bond acceptors (Lipinski definition) is 3. The van der Waals surface area contributed by atoms with Crippen LogP contribution in [0.1, 0.15) is 52.8 Å². The Hall–Kier alpha value is -0.865. The summed E-state index contributed by atoms with van der Waals surface area (Å²) in [5, 5.41) is 0. The lowest BCUT2D eigenvalue weighted by Gasteiger charge is -2.32. The number of nitrogens with zero attached hydrogens (tertiary/aromatic N) is 1. The van der Waals surface area contributed by atoms with Crippen molar-refractivity contribution in [1.29, 1.82) is 0 Å². The second-order valence-electron chi connectivity index (χ2n) is 7.20. The fourth-order valence-corrected chi connectivity index (χ4v) is 2.39. The molecule has 1 aromatic heterocycles. The second-order valence-corrected chi connectivity index (χ2v) is 7.20. The molecule has 1 saturated heterocycles. The summed E-state index contributed by atoms with van der Waals surface area (Å²) in [5.41, 5.74) is 2.67. The first-order chi connectivity index (χ1) is 9.12. The van der Waals surface area contributed by atoms with E-state index in [-0.39, 0.29) is 18.3 Å². The van der Waals surface area contributed by atoms with Gasteiger partial charge in [-0.2, -0.15) is 0 Å². The first kappa shape index (κ1) is 15.5. The van der Waals surface area contributed by atoms with E-state index >= 15 is 0 Å². The van der Waals surface area contributed by atoms with E-state index in [9.17, 15) is 0 Å². The van der Waals surface area contributed by atoms with Gasteiger partial charge in [-0.15, -0.1) is 0 Å². The molecule has 20 heavy (non-hydrogen) atoms. The van der Waals surface area contributed by atoms with Crippen molar-refractivity contribution in [2.45, 2.75) is 66.1 Å². The van der Waals surface area contributed by atoms with E-state index in [1.54, 1.807) is 0 Å². The summed E-state index contributed by atoms with van der Waals surface area (Å²) in [7, 11) is -0.320. The molecule has 2 rings (SSSR count). The number of aryl methyl sites for hydroxylation is 1. The van der Waals surface area contributed by atoms with Crippen molar-refractivity contribution in [2.75, 3.05) is 0 Å². The van der Waals surface area contributed by atoms with E-state index in [1.807, 2.05) is 13.1 Å². The van der Waals surface area contributed by atoms with Crippen molar-refractivity contribution >= 4 is 12.6 Å². The zero-order valence-corrected chi connectivity index (χ0v) is 13.8. The number of aromatic nitrogens is 1. The van der Waals surface area contributed by atoms with Crippen molar-refractivity contribution in [2.24, 2.45) is 5.92 Å². The molecule has 0 spiro atoms. The van der Waals surface area contributed by atoms with E-state index in [1.165, 1.54) is 5.56 Å². The molecule has 2 heterocycles. The Morgan fingerprint density at radius 1 is 1.15 bits per heavy atom. The molecule has 110 valence electrons. The zero-order valence-electron chi connectivity index (χ0n) is 13.8. The highest BCUT2D eigenvalue weighted by Crippen LogP contribution is 2.36. The predicted molar refractivity (Wildman–Crippen MR) is 83.2 cm³/mol. The highest BCUT2D eigenvalue weighted by atomic mass is 16.7. The van der Waals surface area contributed by atoms with Crippen LogP contribution in [0.3, 0.4) is 0 Å². The van der Waals surface area contributed by atoms with Crippen molar-refractivity contribution in [3.63, 3.8) is 0 Å². The van der Waals surface area contributed by atoms with E-state index in [4.69, 9.17) is 9.31 Å². The Morgan fingerprint density at radius 3 is 2.20 bits per heavy atom. The van der Waals surface area contributed by atoms with Gasteiger partial charge in [-0.25, -0.2) is 0 Å². The van der Waals surface area contributed by atoms with Crippen LogP contribution < -0.4 is 5.46 Å². The maximum Gasteiger partial charge on any atom is 0.496 e. The SMILES string of the molecule is Cc1ncc(CC(C)C)cc1B1OC(C)(C)C(C)(C)O1. The molecular weight excluding hydrogens is 249 g/mol. The lowest BCUT2D eigenvalue weighted by atomic mass is 9.77. The molecule has 0 amide bonds. The van der Waals surface area contributed by atoms with Gasteiger partial charge in [-0.05, 0) is 52.5 Å². The normalized spacial score (nSPS) is 20.7. The number of pyridine rings is 1. The van der Waals surface area contributed by atoms with Crippen molar-refractivity contribution in [1.82, 2.24) is 4.98 Å². The van der Waals surface area contributed by atoms with Crippen molar-refractivity contribution in [3.8, 4) is 0 Å². The summed E-state index contributed by atoms with van der Waals surface area (Å²) >= 11 is 0. The smallest absolute Gasteiger partial charge is 0.399 e. The van der Waals surface area contributed by atoms with Crippen LogP contribution in [-0.4, -0.2) is 23.3 Å². The summed E-state index contributed by atoms with van der Waals surface area (Å²) in [6, 6.07) is 2.18. The Kier molecular flexibility index (Phi) is 4.00. The summed E-state index contributed by atoms with van der Waals surface area (Å²) in [4.78, 5) is 4.51. The zero-order chi connectivity index (χ0) is 15.1. The molecule has 4 heteroatoms. The van der Waals surface area contributed by atoms with Crippen LogP contribution in [0.25, 0.3) is 0 Å². The maximum absolute atomic E-state index is 6.13. The fraction of sp³-hybridized carbons (Fsp3) is 0.688. The van der Waals surface area contributed by atoms with Crippen LogP contribution in [0.4, 0.5) is 0 Å². The van der Waals surface area contributed by atoms with E-state index in [0.29, 0.717) is 5.92 Å². The second kappa shape index (κ2) is 5.16. The third kappa shape index (κ3) is 2.91. The molecule has 1 aromatic rings. The van der Waals surface area contributed by atoms with E-state index in [0.717, 1.165) is 17.6 Å². The molecule has 0 saturated carbocycles. The summed E-state index contributed by atoms with van der Waals surface area (Å²) in [5.74, 6) is 0.616. The monoisotopic (exact) mass is 275 g/mol. The minimum atomic E-state index is -0.320. The summed E-state index contributed by atoms with van der Waals surface area (Å²) in [6.07, 6.45) is 2.99. The number of hydrogen-bond donors (Lipinski definition) is 0. The predicted octanol–water partition coefficient (Wildman–Crippen LogP) is 2.89. The fourth-order valence-electron chi connectivity index (χ4n) is 2.39. The first-order valence-electron chi connectivity index (χ1n) is 7.43. The van der Waals surface area contributed by atoms with Crippen LogP contribution in [0.5, 0.6) is 0 Å². The van der Waals surface area contributed by atoms with Crippen molar-refractivity contribution in [3.05, 3.63) is 23.5 Å². The molecule has 0 aliphatic carbocycles. The Balaban J connectivity index is 2.30. The quantitative estimate of drug-likeness (QED) is 0.795. The lowest BCUT2D eigenvalue weighted by Crippen LogP contribution is -2.41. The van der Waals surface area contributed by atoms with Gasteiger partial charge in [0.25, 0.3) is 0 Å². The minimum Gasteiger partial charge on any atom is -0.399 e. The molecule has 0 radical (unpaired) electrons. The maximum atomic E-state index is 6.13. The molecular formula is C16H26BNO2. The Labute approximate surface area is 123 Å². The van der Waals surface area contributed by atoms with Crippen LogP contribution in [0.15, 0.2) is 12.3 Å². The van der Waals surface area contributed by atoms with Gasteiger partial charge < -0.3 is 9.31 Å². The molecule has 0 atom stereocenters. The molecule has 1 aliphatic heterocycles.